The highest BCUT2D eigenvalue weighted by molar-refractivity contribution is 5.91. The van der Waals surface area contributed by atoms with Crippen molar-refractivity contribution in [1.82, 2.24) is 24.8 Å². The third-order valence-electron chi connectivity index (χ3n) is 12.3. The summed E-state index contributed by atoms with van der Waals surface area (Å²) in [6.07, 6.45) is 0. The van der Waals surface area contributed by atoms with Crippen LogP contribution >= 0.6 is 0 Å². The number of benzene rings is 2. The molecule has 19 nitrogen and oxygen atoms in total. The molecule has 0 saturated carbocycles. The zero-order valence-corrected chi connectivity index (χ0v) is 44.0. The lowest BCUT2D eigenvalue weighted by molar-refractivity contribution is -0.0189. The zero-order valence-electron chi connectivity index (χ0n) is 44.0. The zero-order chi connectivity index (χ0) is 52.8. The summed E-state index contributed by atoms with van der Waals surface area (Å²) in [7, 11) is 2.66. The summed E-state index contributed by atoms with van der Waals surface area (Å²) in [4.78, 5) is 45.2. The molecule has 76 heavy (non-hydrogen) atoms. The first-order chi connectivity index (χ1) is 37.4. The van der Waals surface area contributed by atoms with Gasteiger partial charge in [0.1, 0.15) is 11.4 Å². The molecule has 0 aliphatic carbocycles. The Bertz CT molecular complexity index is 2280. The molecular weight excluding hydrogens is 979 g/mol. The minimum atomic E-state index is -0.583. The number of hydrogen-bond acceptors (Lipinski definition) is 19. The van der Waals surface area contributed by atoms with Crippen molar-refractivity contribution in [2.45, 2.75) is 13.1 Å². The van der Waals surface area contributed by atoms with Gasteiger partial charge in [0.15, 0.2) is 0 Å². The second kappa shape index (κ2) is 33.5. The molecule has 0 unspecified atom stereocenters. The van der Waals surface area contributed by atoms with E-state index in [0.717, 1.165) is 33.4 Å². The Morgan fingerprint density at radius 1 is 0.368 bits per heavy atom. The Morgan fingerprint density at radius 2 is 0.658 bits per heavy atom. The highest BCUT2D eigenvalue weighted by Gasteiger charge is 2.18. The Balaban J connectivity index is 1.06. The Labute approximate surface area is 445 Å². The number of carbonyl (C=O) groups excluding carboxylic acids is 2. The van der Waals surface area contributed by atoms with Gasteiger partial charge in [-0.15, -0.1) is 0 Å². The maximum absolute atomic E-state index is 13.1. The Kier molecular flexibility index (Phi) is 25.6. The van der Waals surface area contributed by atoms with Crippen LogP contribution in [0.5, 0.6) is 0 Å². The molecule has 410 valence electrons. The molecular formula is C57H73N5O14. The normalized spacial score (nSPS) is 18.0. The van der Waals surface area contributed by atoms with E-state index >= 15 is 0 Å². The van der Waals surface area contributed by atoms with Gasteiger partial charge < -0.3 is 56.8 Å². The number of carbonyl (C=O) groups is 2. The fraction of sp³-hybridized carbons (Fsp3) is 0.491. The van der Waals surface area contributed by atoms with E-state index in [1.807, 2.05) is 54.6 Å². The van der Waals surface area contributed by atoms with Crippen molar-refractivity contribution in [3.8, 4) is 45.0 Å². The van der Waals surface area contributed by atoms with Crippen LogP contribution in [0, 0.1) is 0 Å². The van der Waals surface area contributed by atoms with Gasteiger partial charge in [-0.1, -0.05) is 54.6 Å². The van der Waals surface area contributed by atoms with Gasteiger partial charge in [0.25, 0.3) is 0 Å². The van der Waals surface area contributed by atoms with Crippen molar-refractivity contribution in [2.24, 2.45) is 0 Å². The summed E-state index contributed by atoms with van der Waals surface area (Å²) in [5, 5.41) is 0. The molecule has 0 spiro atoms. The number of pyridine rings is 3. The molecule has 7 rings (SSSR count). The highest BCUT2D eigenvalue weighted by Crippen LogP contribution is 2.30. The van der Waals surface area contributed by atoms with Crippen molar-refractivity contribution in [3.63, 3.8) is 0 Å². The molecule has 5 heterocycles. The molecule has 3 aromatic heterocycles. The second-order valence-corrected chi connectivity index (χ2v) is 17.7. The first-order valence-electron chi connectivity index (χ1n) is 26.0. The molecule has 0 N–H and O–H groups in total. The number of nitrogens with zero attached hydrogens (tertiary/aromatic N) is 5. The smallest absolute Gasteiger partial charge is 0.356 e. The topological polar surface area (TPSA) is 190 Å². The average molecular weight is 1050 g/mol. The summed E-state index contributed by atoms with van der Waals surface area (Å²) >= 11 is 0. The molecule has 5 aromatic rings. The van der Waals surface area contributed by atoms with Gasteiger partial charge in [-0.3, -0.25) is 9.80 Å². The lowest BCUT2D eigenvalue weighted by Gasteiger charge is -2.23. The maximum atomic E-state index is 13.1. The minimum absolute atomic E-state index is 0.128. The van der Waals surface area contributed by atoms with Crippen LogP contribution in [-0.2, 0) is 69.9 Å². The minimum Gasteiger partial charge on any atom is -0.464 e. The van der Waals surface area contributed by atoms with E-state index in [0.29, 0.717) is 194 Å². The number of methoxy groups -OCH3 is 2. The fourth-order valence-corrected chi connectivity index (χ4v) is 8.19. The van der Waals surface area contributed by atoms with Crippen LogP contribution in [-0.4, -0.2) is 209 Å². The van der Waals surface area contributed by atoms with Gasteiger partial charge in [0, 0.05) is 39.3 Å². The van der Waals surface area contributed by atoms with E-state index < -0.39 is 11.9 Å². The molecule has 19 heteroatoms. The average Bonchev–Trinajstić information content (AvgIpc) is 3.46. The second-order valence-electron chi connectivity index (χ2n) is 17.7. The van der Waals surface area contributed by atoms with Crippen LogP contribution in [0.15, 0.2) is 91.0 Å². The van der Waals surface area contributed by atoms with Gasteiger partial charge in [-0.2, -0.15) is 0 Å². The standard InChI is InChI=1S/C57H73N5O14/c1-65-56(63)54-40-48(46-10-6-44(7-11-46)42-61-14-18-67-22-26-71-30-34-75-35-31-72-27-23-68-19-15-61)38-52(59-54)50-4-3-5-51(58-50)53-39-49(41-55(60-53)57(64)66-2)47-12-8-45(9-13-47)43-62-16-20-69-24-28-73-32-36-76-37-33-74-29-25-70-21-17-62/h3-13,38-41H,14-37,42-43H2,1-2H3. The van der Waals surface area contributed by atoms with E-state index in [1.165, 1.54) is 14.2 Å². The molecule has 2 aliphatic heterocycles. The first-order valence-corrected chi connectivity index (χ1v) is 26.0. The summed E-state index contributed by atoms with van der Waals surface area (Å²) in [5.74, 6) is -1.17. The van der Waals surface area contributed by atoms with E-state index in [1.54, 1.807) is 12.1 Å². The fourth-order valence-electron chi connectivity index (χ4n) is 8.19. The quantitative estimate of drug-likeness (QED) is 0.150. The third-order valence-corrected chi connectivity index (χ3v) is 12.3. The van der Waals surface area contributed by atoms with Crippen molar-refractivity contribution in [3.05, 3.63) is 114 Å². The summed E-state index contributed by atoms with van der Waals surface area (Å²) in [6, 6.07) is 29.1. The van der Waals surface area contributed by atoms with Gasteiger partial charge in [0.05, 0.1) is 169 Å². The summed E-state index contributed by atoms with van der Waals surface area (Å²) in [5.41, 5.74) is 7.60. The van der Waals surface area contributed by atoms with Crippen molar-refractivity contribution in [1.29, 1.82) is 0 Å². The van der Waals surface area contributed by atoms with Gasteiger partial charge in [-0.05, 0) is 69.8 Å². The van der Waals surface area contributed by atoms with Crippen molar-refractivity contribution >= 4 is 11.9 Å². The van der Waals surface area contributed by atoms with E-state index in [9.17, 15) is 9.59 Å². The number of hydrogen-bond donors (Lipinski definition) is 0. The first kappa shape index (κ1) is 58.0. The van der Waals surface area contributed by atoms with Crippen LogP contribution in [0.25, 0.3) is 45.0 Å². The van der Waals surface area contributed by atoms with E-state index in [-0.39, 0.29) is 11.4 Å². The number of esters is 2. The largest absolute Gasteiger partial charge is 0.464 e. The molecule has 0 bridgehead atoms. The SMILES string of the molecule is COC(=O)c1cc(-c2ccc(CN3CCOCCOCCOCCOCCOCC3)cc2)cc(-c2cccc(-c3cc(-c4ccc(CN5CCOCCOCCOCCOCCOCC5)cc4)cc(C(=O)OC)n3)n2)n1. The molecule has 0 radical (unpaired) electrons. The van der Waals surface area contributed by atoms with Crippen molar-refractivity contribution in [2.75, 3.05) is 173 Å². The molecule has 2 aromatic carbocycles. The van der Waals surface area contributed by atoms with Gasteiger partial charge in [-0.25, -0.2) is 24.5 Å². The lowest BCUT2D eigenvalue weighted by Crippen LogP contribution is -2.31. The number of ether oxygens (including phenoxy) is 12. The number of rotatable bonds is 10. The molecule has 2 saturated heterocycles. The predicted molar refractivity (Wildman–Crippen MR) is 283 cm³/mol. The van der Waals surface area contributed by atoms with Crippen LogP contribution < -0.4 is 0 Å². The van der Waals surface area contributed by atoms with Gasteiger partial charge in [0.2, 0.25) is 0 Å². The summed E-state index contributed by atoms with van der Waals surface area (Å²) < 4.78 is 67.4. The Morgan fingerprint density at radius 3 is 0.947 bits per heavy atom. The van der Waals surface area contributed by atoms with E-state index in [4.69, 9.17) is 71.8 Å². The van der Waals surface area contributed by atoms with E-state index in [2.05, 4.69) is 34.1 Å². The maximum Gasteiger partial charge on any atom is 0.356 e. The molecule has 0 amide bonds. The van der Waals surface area contributed by atoms with Crippen LogP contribution in [0.2, 0.25) is 0 Å². The lowest BCUT2D eigenvalue weighted by atomic mass is 10.0. The number of aromatic nitrogens is 3. The van der Waals surface area contributed by atoms with Gasteiger partial charge >= 0.3 is 11.9 Å². The van der Waals surface area contributed by atoms with Crippen LogP contribution in [0.3, 0.4) is 0 Å². The summed E-state index contributed by atoms with van der Waals surface area (Å²) in [6.45, 7) is 14.5. The third kappa shape index (κ3) is 20.1. The van der Waals surface area contributed by atoms with Crippen LogP contribution in [0.4, 0.5) is 0 Å². The molecule has 2 aliphatic rings. The predicted octanol–water partition coefficient (Wildman–Crippen LogP) is 5.91. The molecule has 0 atom stereocenters. The van der Waals surface area contributed by atoms with Crippen molar-refractivity contribution < 1.29 is 66.4 Å². The molecule has 2 fully saturated rings. The Hall–Kier alpha value is -5.65. The monoisotopic (exact) mass is 1050 g/mol. The highest BCUT2D eigenvalue weighted by atomic mass is 16.6. The van der Waals surface area contributed by atoms with Crippen LogP contribution in [0.1, 0.15) is 32.1 Å².